The van der Waals surface area contributed by atoms with Gasteiger partial charge in [-0.15, -0.1) is 0 Å². The molecular weight excluding hydrogens is 248 g/mol. The van der Waals surface area contributed by atoms with Gasteiger partial charge < -0.3 is 20.1 Å². The Morgan fingerprint density at radius 3 is 2.44 bits per heavy atom. The predicted molar refractivity (Wildman–Crippen MR) is 76.6 cm³/mol. The molecule has 1 aromatic rings. The second kappa shape index (κ2) is 8.85. The van der Waals surface area contributed by atoms with Crippen LogP contribution in [0.3, 0.4) is 0 Å². The average Bonchev–Trinajstić information content (AvgIpc) is 2.41. The average molecular weight is 268 g/mol. The number of ether oxygens (including phenoxy) is 2. The summed E-state index contributed by atoms with van der Waals surface area (Å²) in [6.07, 6.45) is 0.666. The van der Waals surface area contributed by atoms with Crippen LogP contribution in [0.4, 0.5) is 0 Å². The number of nitrogens with one attached hydrogen (secondary N) is 2. The van der Waals surface area contributed by atoms with E-state index in [2.05, 4.69) is 22.8 Å². The third kappa shape index (κ3) is 5.95. The van der Waals surface area contributed by atoms with E-state index in [1.54, 1.807) is 14.2 Å². The van der Waals surface area contributed by atoms with Gasteiger partial charge in [0.15, 0.2) is 11.4 Å². The third-order valence-corrected chi connectivity index (χ3v) is 2.79. The number of thiocarbonyl (C=S) groups is 1. The molecule has 100 valence electrons. The van der Waals surface area contributed by atoms with Crippen LogP contribution in [0.5, 0.6) is 0 Å². The Labute approximate surface area is 114 Å². The van der Waals surface area contributed by atoms with E-state index in [4.69, 9.17) is 21.7 Å². The molecule has 18 heavy (non-hydrogen) atoms. The zero-order valence-corrected chi connectivity index (χ0v) is 11.6. The van der Waals surface area contributed by atoms with Crippen molar-refractivity contribution in [3.63, 3.8) is 0 Å². The molecule has 1 rings (SSSR count). The molecule has 5 heteroatoms. The van der Waals surface area contributed by atoms with Gasteiger partial charge >= 0.3 is 0 Å². The summed E-state index contributed by atoms with van der Waals surface area (Å²) >= 11 is 5.15. The van der Waals surface area contributed by atoms with Gasteiger partial charge in [0.1, 0.15) is 0 Å². The zero-order valence-electron chi connectivity index (χ0n) is 10.8. The third-order valence-electron chi connectivity index (χ3n) is 2.50. The largest absolute Gasteiger partial charge is 0.362 e. The fourth-order valence-electron chi connectivity index (χ4n) is 1.47. The van der Waals surface area contributed by atoms with Gasteiger partial charge in [-0.3, -0.25) is 0 Å². The number of hydrogen-bond acceptors (Lipinski definition) is 3. The highest BCUT2D eigenvalue weighted by atomic mass is 32.1. The molecule has 1 aromatic carbocycles. The lowest BCUT2D eigenvalue weighted by Crippen LogP contribution is -2.41. The second-order valence-corrected chi connectivity index (χ2v) is 4.18. The summed E-state index contributed by atoms with van der Waals surface area (Å²) in [6.45, 7) is 1.34. The summed E-state index contributed by atoms with van der Waals surface area (Å²) in [5.74, 6) is 0. The topological polar surface area (TPSA) is 42.5 Å². The number of rotatable bonds is 7. The number of methoxy groups -OCH3 is 2. The molecule has 0 aliphatic heterocycles. The first-order valence-corrected chi connectivity index (χ1v) is 6.28. The predicted octanol–water partition coefficient (Wildman–Crippen LogP) is 1.31. The Hall–Kier alpha value is -1.17. The highest BCUT2D eigenvalue weighted by Gasteiger charge is 2.04. The lowest BCUT2D eigenvalue weighted by Gasteiger charge is -2.16. The first-order chi connectivity index (χ1) is 8.76. The normalized spacial score (nSPS) is 10.4. The van der Waals surface area contributed by atoms with Crippen molar-refractivity contribution in [2.24, 2.45) is 0 Å². The first-order valence-electron chi connectivity index (χ1n) is 5.87. The van der Waals surface area contributed by atoms with E-state index in [0.717, 1.165) is 13.0 Å². The first kappa shape index (κ1) is 14.9. The Balaban J connectivity index is 2.14. The van der Waals surface area contributed by atoms with Crippen LogP contribution in [0, 0.1) is 0 Å². The van der Waals surface area contributed by atoms with Crippen LogP contribution in [0.1, 0.15) is 5.56 Å². The summed E-state index contributed by atoms with van der Waals surface area (Å²) in [7, 11) is 3.20. The molecule has 2 N–H and O–H groups in total. The Kier molecular flexibility index (Phi) is 7.32. The SMILES string of the molecule is COC(CNC(=S)NCCc1ccccc1)OC. The summed E-state index contributed by atoms with van der Waals surface area (Å²) in [5.41, 5.74) is 1.29. The molecule has 0 heterocycles. The van der Waals surface area contributed by atoms with Crippen LogP contribution in [0.25, 0.3) is 0 Å². The molecule has 0 fully saturated rings. The van der Waals surface area contributed by atoms with E-state index in [1.807, 2.05) is 18.2 Å². The Morgan fingerprint density at radius 1 is 1.17 bits per heavy atom. The fraction of sp³-hybridized carbons (Fsp3) is 0.462. The van der Waals surface area contributed by atoms with Gasteiger partial charge in [-0.05, 0) is 24.2 Å². The van der Waals surface area contributed by atoms with E-state index < -0.39 is 0 Å². The van der Waals surface area contributed by atoms with Crippen LogP contribution in [-0.4, -0.2) is 38.7 Å². The molecule has 0 aromatic heterocycles. The van der Waals surface area contributed by atoms with Gasteiger partial charge in [0.2, 0.25) is 0 Å². The van der Waals surface area contributed by atoms with Crippen LogP contribution in [-0.2, 0) is 15.9 Å². The van der Waals surface area contributed by atoms with Crippen LogP contribution in [0.2, 0.25) is 0 Å². The minimum atomic E-state index is -0.279. The zero-order chi connectivity index (χ0) is 13.2. The van der Waals surface area contributed by atoms with E-state index in [9.17, 15) is 0 Å². The number of benzene rings is 1. The molecule has 0 aliphatic rings. The highest BCUT2D eigenvalue weighted by Crippen LogP contribution is 1.98. The van der Waals surface area contributed by atoms with Crippen molar-refractivity contribution in [1.82, 2.24) is 10.6 Å². The van der Waals surface area contributed by atoms with E-state index >= 15 is 0 Å². The van der Waals surface area contributed by atoms with Gasteiger partial charge in [0, 0.05) is 20.8 Å². The van der Waals surface area contributed by atoms with Gasteiger partial charge in [0.05, 0.1) is 6.54 Å². The smallest absolute Gasteiger partial charge is 0.174 e. The van der Waals surface area contributed by atoms with Gasteiger partial charge in [-0.2, -0.15) is 0 Å². The summed E-state index contributed by atoms with van der Waals surface area (Å²) in [5, 5.41) is 6.80. The summed E-state index contributed by atoms with van der Waals surface area (Å²) < 4.78 is 10.1. The van der Waals surface area contributed by atoms with Crippen molar-refractivity contribution >= 4 is 17.3 Å². The van der Waals surface area contributed by atoms with Crippen molar-refractivity contribution in [3.05, 3.63) is 35.9 Å². The van der Waals surface area contributed by atoms with Gasteiger partial charge in [-0.25, -0.2) is 0 Å². The molecule has 4 nitrogen and oxygen atoms in total. The maximum Gasteiger partial charge on any atom is 0.174 e. The van der Waals surface area contributed by atoms with Crippen molar-refractivity contribution in [2.45, 2.75) is 12.7 Å². The molecule has 0 atom stereocenters. The molecule has 0 spiro atoms. The lowest BCUT2D eigenvalue weighted by molar-refractivity contribution is -0.0965. The second-order valence-electron chi connectivity index (χ2n) is 3.77. The maximum atomic E-state index is 5.15. The summed E-state index contributed by atoms with van der Waals surface area (Å²) in [6, 6.07) is 10.3. The molecule has 0 saturated carbocycles. The summed E-state index contributed by atoms with van der Waals surface area (Å²) in [4.78, 5) is 0. The minimum absolute atomic E-state index is 0.279. The van der Waals surface area contributed by atoms with Crippen LogP contribution in [0.15, 0.2) is 30.3 Å². The quantitative estimate of drug-likeness (QED) is 0.576. The van der Waals surface area contributed by atoms with E-state index in [0.29, 0.717) is 11.7 Å². The monoisotopic (exact) mass is 268 g/mol. The number of hydrogen-bond donors (Lipinski definition) is 2. The fourth-order valence-corrected chi connectivity index (χ4v) is 1.65. The van der Waals surface area contributed by atoms with Gasteiger partial charge in [-0.1, -0.05) is 30.3 Å². The Bertz CT molecular complexity index is 342. The van der Waals surface area contributed by atoms with Crippen molar-refractivity contribution < 1.29 is 9.47 Å². The molecule has 0 bridgehead atoms. The molecular formula is C13H20N2O2S. The molecule has 0 saturated heterocycles. The molecule has 0 aliphatic carbocycles. The minimum Gasteiger partial charge on any atom is -0.362 e. The van der Waals surface area contributed by atoms with E-state index in [1.165, 1.54) is 5.56 Å². The van der Waals surface area contributed by atoms with Gasteiger partial charge in [0.25, 0.3) is 0 Å². The molecule has 0 unspecified atom stereocenters. The van der Waals surface area contributed by atoms with Crippen molar-refractivity contribution in [2.75, 3.05) is 27.3 Å². The molecule has 0 amide bonds. The van der Waals surface area contributed by atoms with Crippen LogP contribution >= 0.6 is 12.2 Å². The Morgan fingerprint density at radius 2 is 1.83 bits per heavy atom. The van der Waals surface area contributed by atoms with Crippen molar-refractivity contribution in [3.8, 4) is 0 Å². The van der Waals surface area contributed by atoms with Crippen molar-refractivity contribution in [1.29, 1.82) is 0 Å². The lowest BCUT2D eigenvalue weighted by atomic mass is 10.1. The standard InChI is InChI=1S/C13H20N2O2S/c1-16-12(17-2)10-15-13(18)14-9-8-11-6-4-3-5-7-11/h3-7,12H,8-10H2,1-2H3,(H2,14,15,18). The molecule has 0 radical (unpaired) electrons. The highest BCUT2D eigenvalue weighted by molar-refractivity contribution is 7.80. The van der Waals surface area contributed by atoms with Crippen LogP contribution < -0.4 is 10.6 Å². The maximum absolute atomic E-state index is 5.15. The van der Waals surface area contributed by atoms with E-state index in [-0.39, 0.29) is 6.29 Å².